The minimum absolute atomic E-state index is 0.0330. The van der Waals surface area contributed by atoms with Crippen LogP contribution in [0.25, 0.3) is 0 Å². The number of hydrogen-bond acceptors (Lipinski definition) is 1. The molecule has 1 aliphatic rings. The maximum absolute atomic E-state index is 9.53. The van der Waals surface area contributed by atoms with E-state index in [1.165, 1.54) is 18.1 Å². The summed E-state index contributed by atoms with van der Waals surface area (Å²) in [6.45, 7) is 2.15. The summed E-state index contributed by atoms with van der Waals surface area (Å²) in [5.74, 6) is 0. The van der Waals surface area contributed by atoms with Crippen molar-refractivity contribution in [2.45, 2.75) is 54.3 Å². The first-order valence-corrected chi connectivity index (χ1v) is 8.91. The Labute approximate surface area is 74.4 Å². The quantitative estimate of drug-likeness (QED) is 0.702. The summed E-state index contributed by atoms with van der Waals surface area (Å²) in [6, 6.07) is 0. The fraction of sp³-hybridized carbons (Fsp3) is 1.00. The van der Waals surface area contributed by atoms with E-state index in [-0.39, 0.29) is 6.10 Å². The molecule has 1 saturated carbocycles. The summed E-state index contributed by atoms with van der Waals surface area (Å²) >= 11 is -0.567. The summed E-state index contributed by atoms with van der Waals surface area (Å²) in [5, 5.41) is 10.7. The Kier molecular flexibility index (Phi) is 3.95. The minimum atomic E-state index is -0.567. The van der Waals surface area contributed by atoms with Crippen LogP contribution in [-0.2, 0) is 0 Å². The van der Waals surface area contributed by atoms with Gasteiger partial charge in [0.2, 0.25) is 0 Å². The Morgan fingerprint density at radius 1 is 1.55 bits per heavy atom. The summed E-state index contributed by atoms with van der Waals surface area (Å²) in [6.07, 6.45) is 5.12. The van der Waals surface area contributed by atoms with E-state index >= 15 is 0 Å². The molecule has 1 nitrogen and oxygen atoms in total. The van der Waals surface area contributed by atoms with E-state index in [1.807, 2.05) is 0 Å². The molecule has 2 unspecified atom stereocenters. The van der Waals surface area contributed by atoms with E-state index < -0.39 is 14.7 Å². The molecule has 0 aliphatic heterocycles. The molecule has 11 heavy (non-hydrogen) atoms. The average molecular weight is 218 g/mol. The molecule has 0 aromatic carbocycles. The van der Waals surface area contributed by atoms with Crippen molar-refractivity contribution in [3.8, 4) is 0 Å². The standard InChI is InChI=1S/C9H19AsO/c1-3-4-9(11)7-10(2)8-5-6-8/h8-9,11H,3-7H2,1-2H3. The van der Waals surface area contributed by atoms with Gasteiger partial charge in [-0.3, -0.25) is 0 Å². The third-order valence-corrected chi connectivity index (χ3v) is 8.08. The van der Waals surface area contributed by atoms with Gasteiger partial charge in [0.05, 0.1) is 0 Å². The molecule has 1 rings (SSSR count). The van der Waals surface area contributed by atoms with Crippen LogP contribution in [0.15, 0.2) is 0 Å². The Hall–Kier alpha value is 0.518. The van der Waals surface area contributed by atoms with Crippen LogP contribution in [0.5, 0.6) is 0 Å². The van der Waals surface area contributed by atoms with E-state index in [0.717, 1.165) is 17.5 Å². The van der Waals surface area contributed by atoms with Crippen LogP contribution in [0.1, 0.15) is 32.6 Å². The van der Waals surface area contributed by atoms with Crippen molar-refractivity contribution in [3.05, 3.63) is 0 Å². The van der Waals surface area contributed by atoms with Crippen molar-refractivity contribution >= 4 is 14.7 Å². The zero-order chi connectivity index (χ0) is 8.27. The van der Waals surface area contributed by atoms with E-state index in [1.54, 1.807) is 0 Å². The molecule has 66 valence electrons. The van der Waals surface area contributed by atoms with Gasteiger partial charge in [-0.1, -0.05) is 0 Å². The molecule has 0 aromatic rings. The topological polar surface area (TPSA) is 20.2 Å². The average Bonchev–Trinajstić information content (AvgIpc) is 2.67. The van der Waals surface area contributed by atoms with E-state index in [9.17, 15) is 5.11 Å². The molecule has 1 N–H and O–H groups in total. The van der Waals surface area contributed by atoms with Crippen LogP contribution in [0.2, 0.25) is 15.6 Å². The first kappa shape index (κ1) is 9.61. The van der Waals surface area contributed by atoms with Gasteiger partial charge < -0.3 is 0 Å². The molecule has 2 heteroatoms. The van der Waals surface area contributed by atoms with Crippen LogP contribution >= 0.6 is 0 Å². The molecule has 1 aliphatic carbocycles. The predicted molar refractivity (Wildman–Crippen MR) is 50.3 cm³/mol. The monoisotopic (exact) mass is 218 g/mol. The third-order valence-electron chi connectivity index (χ3n) is 2.29. The zero-order valence-electron chi connectivity index (χ0n) is 7.58. The molecule has 0 spiro atoms. The summed E-state index contributed by atoms with van der Waals surface area (Å²) in [7, 11) is 0. The first-order chi connectivity index (χ1) is 5.24. The van der Waals surface area contributed by atoms with Crippen LogP contribution in [0, 0.1) is 0 Å². The Morgan fingerprint density at radius 2 is 2.18 bits per heavy atom. The summed E-state index contributed by atoms with van der Waals surface area (Å²) in [5.41, 5.74) is 2.42. The third kappa shape index (κ3) is 3.62. The fourth-order valence-corrected chi connectivity index (χ4v) is 5.99. The Morgan fingerprint density at radius 3 is 2.64 bits per heavy atom. The van der Waals surface area contributed by atoms with Gasteiger partial charge in [-0.2, -0.15) is 0 Å². The second kappa shape index (κ2) is 4.52. The van der Waals surface area contributed by atoms with Crippen molar-refractivity contribution in [1.29, 1.82) is 0 Å². The first-order valence-electron chi connectivity index (χ1n) is 4.62. The molecule has 0 saturated heterocycles. The van der Waals surface area contributed by atoms with Crippen LogP contribution in [0.3, 0.4) is 0 Å². The fourth-order valence-electron chi connectivity index (χ4n) is 1.42. The molecule has 0 heterocycles. The second-order valence-corrected chi connectivity index (χ2v) is 9.09. The summed E-state index contributed by atoms with van der Waals surface area (Å²) < 4.78 is 1.09. The Bertz CT molecular complexity index is 112. The van der Waals surface area contributed by atoms with Gasteiger partial charge in [-0.05, 0) is 0 Å². The molecule has 0 aromatic heterocycles. The van der Waals surface area contributed by atoms with Crippen LogP contribution in [-0.4, -0.2) is 25.9 Å². The predicted octanol–water partition coefficient (Wildman–Crippen LogP) is 2.44. The van der Waals surface area contributed by atoms with Gasteiger partial charge in [-0.15, -0.1) is 0 Å². The van der Waals surface area contributed by atoms with Crippen molar-refractivity contribution in [1.82, 2.24) is 0 Å². The van der Waals surface area contributed by atoms with Gasteiger partial charge in [0.15, 0.2) is 0 Å². The van der Waals surface area contributed by atoms with Gasteiger partial charge in [0.25, 0.3) is 0 Å². The van der Waals surface area contributed by atoms with Crippen molar-refractivity contribution < 1.29 is 5.11 Å². The zero-order valence-corrected chi connectivity index (χ0v) is 9.46. The molecule has 2 atom stereocenters. The molecule has 0 radical (unpaired) electrons. The van der Waals surface area contributed by atoms with Gasteiger partial charge in [-0.25, -0.2) is 0 Å². The van der Waals surface area contributed by atoms with E-state index in [0.29, 0.717) is 0 Å². The van der Waals surface area contributed by atoms with Crippen molar-refractivity contribution in [3.63, 3.8) is 0 Å². The normalized spacial score (nSPS) is 23.2. The number of rotatable bonds is 5. The molecule has 1 fully saturated rings. The Balaban J connectivity index is 2.07. The van der Waals surface area contributed by atoms with Crippen LogP contribution < -0.4 is 0 Å². The van der Waals surface area contributed by atoms with E-state index in [4.69, 9.17) is 0 Å². The van der Waals surface area contributed by atoms with Gasteiger partial charge in [0.1, 0.15) is 0 Å². The van der Waals surface area contributed by atoms with Crippen molar-refractivity contribution in [2.75, 3.05) is 0 Å². The van der Waals surface area contributed by atoms with E-state index in [2.05, 4.69) is 12.6 Å². The number of aliphatic hydroxyl groups excluding tert-OH is 1. The molecular weight excluding hydrogens is 199 g/mol. The second-order valence-electron chi connectivity index (χ2n) is 3.61. The SMILES string of the molecule is CCCC(O)C[As](C)C1CC1. The molecule has 0 amide bonds. The number of aliphatic hydroxyl groups is 1. The van der Waals surface area contributed by atoms with Crippen molar-refractivity contribution in [2.24, 2.45) is 0 Å². The van der Waals surface area contributed by atoms with Crippen LogP contribution in [0.4, 0.5) is 0 Å². The summed E-state index contributed by atoms with van der Waals surface area (Å²) in [4.78, 5) is 0. The van der Waals surface area contributed by atoms with Gasteiger partial charge in [0, 0.05) is 0 Å². The van der Waals surface area contributed by atoms with Gasteiger partial charge >= 0.3 is 74.1 Å². The number of hydrogen-bond donors (Lipinski definition) is 1. The molecule has 0 bridgehead atoms. The molecular formula is C9H19AsO. The maximum atomic E-state index is 9.53.